The minimum atomic E-state index is 0.254. The summed E-state index contributed by atoms with van der Waals surface area (Å²) in [6, 6.07) is 17.9. The van der Waals surface area contributed by atoms with Gasteiger partial charge in [0.2, 0.25) is 0 Å². The Morgan fingerprint density at radius 2 is 1.71 bits per heavy atom. The highest BCUT2D eigenvalue weighted by Gasteiger charge is 2.19. The fourth-order valence-corrected chi connectivity index (χ4v) is 4.12. The van der Waals surface area contributed by atoms with Crippen molar-refractivity contribution in [1.29, 1.82) is 5.26 Å². The minimum Gasteiger partial charge on any atom is -0.369 e. The molecule has 4 nitrogen and oxygen atoms in total. The number of rotatable bonds is 5. The molecular weight excluding hydrogens is 346 g/mol. The van der Waals surface area contributed by atoms with E-state index in [1.165, 1.54) is 11.3 Å². The molecule has 2 aliphatic rings. The van der Waals surface area contributed by atoms with E-state index < -0.39 is 0 Å². The zero-order valence-corrected chi connectivity index (χ0v) is 16.1. The van der Waals surface area contributed by atoms with Crippen molar-refractivity contribution in [2.75, 3.05) is 37.6 Å². The average Bonchev–Trinajstić information content (AvgIpc) is 2.74. The van der Waals surface area contributed by atoms with E-state index in [0.29, 0.717) is 12.0 Å². The Hall–Kier alpha value is -2.90. The zero-order valence-electron chi connectivity index (χ0n) is 16.1. The molecule has 28 heavy (non-hydrogen) atoms. The second kappa shape index (κ2) is 8.41. The van der Waals surface area contributed by atoms with Crippen molar-refractivity contribution in [2.45, 2.75) is 19.3 Å². The first-order valence-corrected chi connectivity index (χ1v) is 10.0. The van der Waals surface area contributed by atoms with Crippen molar-refractivity contribution in [3.8, 4) is 6.07 Å². The number of nitrogens with zero attached hydrogens (tertiary/aromatic N) is 3. The van der Waals surface area contributed by atoms with E-state index in [4.69, 9.17) is 5.26 Å². The van der Waals surface area contributed by atoms with Gasteiger partial charge in [0, 0.05) is 43.9 Å². The fraction of sp³-hybridized carbons (Fsp3) is 0.333. The summed E-state index contributed by atoms with van der Waals surface area (Å²) in [6.45, 7) is 5.22. The summed E-state index contributed by atoms with van der Waals surface area (Å²) in [4.78, 5) is 17.2. The van der Waals surface area contributed by atoms with Crippen LogP contribution in [0.3, 0.4) is 0 Å². The topological polar surface area (TPSA) is 47.3 Å². The fourth-order valence-electron chi connectivity index (χ4n) is 4.12. The van der Waals surface area contributed by atoms with Crippen LogP contribution in [-0.4, -0.2) is 43.4 Å². The Morgan fingerprint density at radius 1 is 0.964 bits per heavy atom. The van der Waals surface area contributed by atoms with Crippen LogP contribution >= 0.6 is 0 Å². The van der Waals surface area contributed by atoms with E-state index in [1.54, 1.807) is 0 Å². The standard InChI is InChI=1S/C24H25N3O/c25-18-19-7-9-22(10-8-19)27-14-12-26(13-15-27)11-3-4-20-16-21-5-1-2-6-23(21)24(28)17-20/h1-2,5-10,16H,3-4,11-15,17H2. The zero-order chi connectivity index (χ0) is 19.3. The van der Waals surface area contributed by atoms with E-state index in [-0.39, 0.29) is 5.78 Å². The molecule has 1 saturated heterocycles. The van der Waals surface area contributed by atoms with Crippen molar-refractivity contribution in [2.24, 2.45) is 0 Å². The van der Waals surface area contributed by atoms with E-state index >= 15 is 0 Å². The van der Waals surface area contributed by atoms with E-state index in [2.05, 4.69) is 21.9 Å². The Kier molecular flexibility index (Phi) is 5.55. The molecule has 0 N–H and O–H groups in total. The normalized spacial score (nSPS) is 17.0. The third kappa shape index (κ3) is 4.16. The van der Waals surface area contributed by atoms with Gasteiger partial charge < -0.3 is 4.90 Å². The minimum absolute atomic E-state index is 0.254. The molecule has 142 valence electrons. The molecule has 0 aromatic heterocycles. The third-order valence-electron chi connectivity index (χ3n) is 5.71. The monoisotopic (exact) mass is 371 g/mol. The number of allylic oxidation sites excluding steroid dienone is 1. The highest BCUT2D eigenvalue weighted by molar-refractivity contribution is 6.03. The molecule has 0 radical (unpaired) electrons. The van der Waals surface area contributed by atoms with Crippen LogP contribution in [0.25, 0.3) is 6.08 Å². The quantitative estimate of drug-likeness (QED) is 0.793. The molecule has 1 heterocycles. The molecule has 0 spiro atoms. The largest absolute Gasteiger partial charge is 0.369 e. The molecule has 0 atom stereocenters. The van der Waals surface area contributed by atoms with Gasteiger partial charge in [0.25, 0.3) is 0 Å². The van der Waals surface area contributed by atoms with Crippen LogP contribution in [0.2, 0.25) is 0 Å². The van der Waals surface area contributed by atoms with Gasteiger partial charge in [0.05, 0.1) is 11.6 Å². The van der Waals surface area contributed by atoms with Gasteiger partial charge in [-0.3, -0.25) is 9.69 Å². The maximum Gasteiger partial charge on any atom is 0.167 e. The third-order valence-corrected chi connectivity index (χ3v) is 5.71. The summed E-state index contributed by atoms with van der Waals surface area (Å²) < 4.78 is 0. The van der Waals surface area contributed by atoms with E-state index in [9.17, 15) is 4.79 Å². The van der Waals surface area contributed by atoms with Crippen molar-refractivity contribution < 1.29 is 4.79 Å². The molecular formula is C24H25N3O. The van der Waals surface area contributed by atoms with Crippen LogP contribution in [-0.2, 0) is 0 Å². The predicted molar refractivity (Wildman–Crippen MR) is 112 cm³/mol. The molecule has 0 unspecified atom stereocenters. The number of hydrogen-bond acceptors (Lipinski definition) is 4. The van der Waals surface area contributed by atoms with Crippen molar-refractivity contribution in [3.63, 3.8) is 0 Å². The number of anilines is 1. The summed E-state index contributed by atoms with van der Waals surface area (Å²) in [5, 5.41) is 8.92. The van der Waals surface area contributed by atoms with Crippen LogP contribution in [0.1, 0.15) is 40.7 Å². The summed E-state index contributed by atoms with van der Waals surface area (Å²) >= 11 is 0. The predicted octanol–water partition coefficient (Wildman–Crippen LogP) is 4.13. The molecule has 0 bridgehead atoms. The van der Waals surface area contributed by atoms with Gasteiger partial charge in [-0.15, -0.1) is 0 Å². The Morgan fingerprint density at radius 3 is 2.46 bits per heavy atom. The molecule has 1 fully saturated rings. The summed E-state index contributed by atoms with van der Waals surface area (Å²) in [5.41, 5.74) is 5.11. The average molecular weight is 371 g/mol. The van der Waals surface area contributed by atoms with Gasteiger partial charge in [-0.25, -0.2) is 0 Å². The van der Waals surface area contributed by atoms with Crippen LogP contribution < -0.4 is 4.90 Å². The number of fused-ring (bicyclic) bond motifs is 1. The number of Topliss-reactive ketones (excluding diaryl/α,β-unsaturated/α-hetero) is 1. The van der Waals surface area contributed by atoms with Gasteiger partial charge >= 0.3 is 0 Å². The van der Waals surface area contributed by atoms with Crippen molar-refractivity contribution >= 4 is 17.5 Å². The lowest BCUT2D eigenvalue weighted by molar-refractivity contribution is 0.0990. The second-order valence-corrected chi connectivity index (χ2v) is 7.58. The number of piperazine rings is 1. The summed E-state index contributed by atoms with van der Waals surface area (Å²) in [7, 11) is 0. The molecule has 4 heteroatoms. The first-order valence-electron chi connectivity index (χ1n) is 10.0. The lowest BCUT2D eigenvalue weighted by Gasteiger charge is -2.36. The SMILES string of the molecule is N#Cc1ccc(N2CCN(CCCC3=Cc4ccccc4C(=O)C3)CC2)cc1. The maximum absolute atomic E-state index is 12.3. The van der Waals surface area contributed by atoms with Crippen LogP contribution in [0.5, 0.6) is 0 Å². The molecule has 1 aliphatic heterocycles. The molecule has 2 aromatic rings. The number of ketones is 1. The number of hydrogen-bond donors (Lipinski definition) is 0. The van der Waals surface area contributed by atoms with Crippen LogP contribution in [0.4, 0.5) is 5.69 Å². The smallest absolute Gasteiger partial charge is 0.167 e. The van der Waals surface area contributed by atoms with Gasteiger partial charge in [-0.2, -0.15) is 5.26 Å². The first-order chi connectivity index (χ1) is 13.7. The summed E-state index contributed by atoms with van der Waals surface area (Å²) in [5.74, 6) is 0.254. The van der Waals surface area contributed by atoms with Gasteiger partial charge in [-0.1, -0.05) is 35.9 Å². The van der Waals surface area contributed by atoms with Gasteiger partial charge in [0.1, 0.15) is 0 Å². The maximum atomic E-state index is 12.3. The molecule has 0 saturated carbocycles. The highest BCUT2D eigenvalue weighted by atomic mass is 16.1. The molecule has 0 amide bonds. The second-order valence-electron chi connectivity index (χ2n) is 7.58. The van der Waals surface area contributed by atoms with Gasteiger partial charge in [-0.05, 0) is 49.2 Å². The summed E-state index contributed by atoms with van der Waals surface area (Å²) in [6.07, 6.45) is 4.87. The van der Waals surface area contributed by atoms with Crippen molar-refractivity contribution in [3.05, 3.63) is 70.8 Å². The Bertz CT molecular complexity index is 916. The Balaban J connectivity index is 1.24. The van der Waals surface area contributed by atoms with E-state index in [0.717, 1.165) is 56.7 Å². The van der Waals surface area contributed by atoms with Crippen molar-refractivity contribution in [1.82, 2.24) is 4.90 Å². The number of carbonyl (C=O) groups is 1. The van der Waals surface area contributed by atoms with Crippen LogP contribution in [0.15, 0.2) is 54.1 Å². The van der Waals surface area contributed by atoms with E-state index in [1.807, 2.05) is 48.5 Å². The lowest BCUT2D eigenvalue weighted by Crippen LogP contribution is -2.46. The number of benzene rings is 2. The van der Waals surface area contributed by atoms with Gasteiger partial charge in [0.15, 0.2) is 5.78 Å². The molecule has 2 aromatic carbocycles. The van der Waals surface area contributed by atoms with Crippen LogP contribution in [0, 0.1) is 11.3 Å². The molecule has 1 aliphatic carbocycles. The first kappa shape index (κ1) is 18.5. The lowest BCUT2D eigenvalue weighted by atomic mass is 9.89. The highest BCUT2D eigenvalue weighted by Crippen LogP contribution is 2.26. The number of nitriles is 1. The number of carbonyl (C=O) groups excluding carboxylic acids is 1. The molecule has 4 rings (SSSR count). The Labute approximate surface area is 166 Å².